The van der Waals surface area contributed by atoms with E-state index in [1.807, 2.05) is 0 Å². The molecule has 3 aliphatic heterocycles. The highest BCUT2D eigenvalue weighted by molar-refractivity contribution is 8.55. The van der Waals surface area contributed by atoms with E-state index in [1.165, 1.54) is 28.1 Å². The van der Waals surface area contributed by atoms with E-state index in [0.29, 0.717) is 17.8 Å². The molecule has 3 fully saturated rings. The minimum atomic E-state index is -4.62. The number of nitrogen functional groups attached to an aromatic ring is 2. The minimum Gasteiger partial charge on any atom is -0.454 e. The second-order valence-corrected chi connectivity index (χ2v) is 20.0. The molecule has 21 nitrogen and oxygen atoms in total. The first-order valence-electron chi connectivity index (χ1n) is 19.1. The largest absolute Gasteiger partial charge is 0.454 e. The van der Waals surface area contributed by atoms with Crippen LogP contribution in [0.4, 0.5) is 20.4 Å². The van der Waals surface area contributed by atoms with Gasteiger partial charge in [-0.05, 0) is 6.42 Å². The number of carbonyl (C=O) groups excluding carboxylic acids is 1. The lowest BCUT2D eigenvalue weighted by molar-refractivity contribution is -0.141. The number of nitrogens with two attached hydrogens (primary N) is 2. The summed E-state index contributed by atoms with van der Waals surface area (Å²) in [7, 11) is -4.60. The Kier molecular flexibility index (Phi) is 14.1. The molecule has 26 heteroatoms. The lowest BCUT2D eigenvalue weighted by Gasteiger charge is -2.28. The Bertz CT molecular complexity index is 2180. The molecule has 4 aromatic heterocycles. The fourth-order valence-electron chi connectivity index (χ4n) is 7.04. The van der Waals surface area contributed by atoms with Crippen LogP contribution in [0.1, 0.15) is 70.7 Å². The molecule has 0 aromatic carbocycles. The zero-order valence-electron chi connectivity index (χ0n) is 31.9. The van der Waals surface area contributed by atoms with Gasteiger partial charge in [0.2, 0.25) is 0 Å². The van der Waals surface area contributed by atoms with Crippen molar-refractivity contribution in [3.63, 3.8) is 0 Å². The number of halogens is 2. The molecule has 0 saturated carbocycles. The van der Waals surface area contributed by atoms with E-state index >= 15 is 8.78 Å². The van der Waals surface area contributed by atoms with Crippen LogP contribution in [0.2, 0.25) is 0 Å². The Morgan fingerprint density at radius 2 is 1.44 bits per heavy atom. The van der Waals surface area contributed by atoms with Gasteiger partial charge in [0.1, 0.15) is 48.2 Å². The molecule has 3 saturated heterocycles. The van der Waals surface area contributed by atoms with Crippen molar-refractivity contribution in [2.24, 2.45) is 5.92 Å². The van der Waals surface area contributed by atoms with Gasteiger partial charge in [0, 0.05) is 23.7 Å². The maximum atomic E-state index is 16.7. The van der Waals surface area contributed by atoms with Gasteiger partial charge in [0.15, 0.2) is 47.7 Å². The van der Waals surface area contributed by atoms with Crippen molar-refractivity contribution in [1.29, 1.82) is 0 Å². The van der Waals surface area contributed by atoms with E-state index in [2.05, 4.69) is 36.8 Å². The van der Waals surface area contributed by atoms with Crippen molar-refractivity contribution in [1.82, 2.24) is 39.0 Å². The van der Waals surface area contributed by atoms with E-state index in [0.717, 1.165) is 44.9 Å². The second-order valence-electron chi connectivity index (χ2n) is 14.2. The number of hydrogen-bond donors (Lipinski definition) is 3. The fraction of sp³-hybridized carbons (Fsp3) is 0.667. The number of aromatic nitrogens is 8. The van der Waals surface area contributed by atoms with Crippen LogP contribution in [0, 0.1) is 5.92 Å². The Morgan fingerprint density at radius 1 is 0.847 bits per heavy atom. The summed E-state index contributed by atoms with van der Waals surface area (Å²) < 4.78 is 104. The monoisotopic (exact) mass is 890 g/mol. The van der Waals surface area contributed by atoms with Crippen LogP contribution in [-0.4, -0.2) is 113 Å². The number of unbranched alkanes of at least 4 members (excludes halogenated alkanes) is 6. The highest BCUT2D eigenvalue weighted by Gasteiger charge is 2.53. The van der Waals surface area contributed by atoms with Gasteiger partial charge >= 0.3 is 20.4 Å². The van der Waals surface area contributed by atoms with Gasteiger partial charge in [0.05, 0.1) is 38.6 Å². The first-order valence-corrected chi connectivity index (χ1v) is 24.0. The molecule has 7 rings (SSSR count). The third-order valence-electron chi connectivity index (χ3n) is 10.1. The summed E-state index contributed by atoms with van der Waals surface area (Å²) in [4.78, 5) is 47.8. The van der Waals surface area contributed by atoms with Crippen molar-refractivity contribution < 1.29 is 60.1 Å². The SMILES string of the molecule is CCCCCCCCCC(=O)OCSP1(=O)OC[C@H]2O[C@@H](n3cnc4c(N)ncnc43)[C@H](F)[C@@H]2COCP(=O)(O)OC[C@H]2O[C@@H](n3cnc4c(N)ncnc43)[C@H](F)[C@@H]2O1. The molecule has 0 amide bonds. The van der Waals surface area contributed by atoms with Crippen LogP contribution in [0.5, 0.6) is 0 Å². The molecular formula is C33H46F2N10O11P2S. The van der Waals surface area contributed by atoms with E-state index in [1.54, 1.807) is 0 Å². The highest BCUT2D eigenvalue weighted by Crippen LogP contribution is 2.63. The molecule has 0 aliphatic carbocycles. The number of esters is 1. The first-order chi connectivity index (χ1) is 28.4. The Balaban J connectivity index is 1.13. The third kappa shape index (κ3) is 10.0. The highest BCUT2D eigenvalue weighted by atomic mass is 32.7. The maximum absolute atomic E-state index is 16.7. The Hall–Kier alpha value is -3.44. The topological polar surface area (TPSA) is 275 Å². The van der Waals surface area contributed by atoms with Crippen LogP contribution in [0.3, 0.4) is 0 Å². The van der Waals surface area contributed by atoms with Gasteiger partial charge in [-0.3, -0.25) is 27.5 Å². The quantitative estimate of drug-likeness (QED) is 0.0690. The molecule has 4 aromatic rings. The minimum absolute atomic E-state index is 0.0150. The number of fused-ring (bicyclic) bond motifs is 4. The number of nitrogens with zero attached hydrogens (tertiary/aromatic N) is 8. The average molecular weight is 891 g/mol. The number of rotatable bonds is 13. The molecule has 7 heterocycles. The Morgan fingerprint density at radius 3 is 2.10 bits per heavy atom. The number of hydrogen-bond acceptors (Lipinski definition) is 19. The molecular weight excluding hydrogens is 844 g/mol. The zero-order chi connectivity index (χ0) is 41.7. The van der Waals surface area contributed by atoms with Crippen LogP contribution in [-0.2, 0) is 46.4 Å². The van der Waals surface area contributed by atoms with E-state index in [9.17, 15) is 18.8 Å². The molecule has 3 aliphatic rings. The van der Waals surface area contributed by atoms with Crippen LogP contribution >= 0.6 is 25.8 Å². The third-order valence-corrected chi connectivity index (χ3v) is 14.5. The van der Waals surface area contributed by atoms with Crippen molar-refractivity contribution in [2.75, 3.05) is 43.6 Å². The van der Waals surface area contributed by atoms with E-state index < -0.39 is 101 Å². The molecule has 10 atom stereocenters. The summed E-state index contributed by atoms with van der Waals surface area (Å²) >= 11 is 0.450. The van der Waals surface area contributed by atoms with Crippen molar-refractivity contribution in [3.8, 4) is 0 Å². The number of anilines is 2. The maximum Gasteiger partial charge on any atom is 0.392 e. The molecule has 0 spiro atoms. The van der Waals surface area contributed by atoms with E-state index in [-0.39, 0.29) is 40.4 Å². The van der Waals surface area contributed by atoms with Gasteiger partial charge in [-0.15, -0.1) is 0 Å². The lowest BCUT2D eigenvalue weighted by Crippen LogP contribution is -2.35. The second kappa shape index (κ2) is 19.1. The summed E-state index contributed by atoms with van der Waals surface area (Å²) in [6.45, 7) is -4.33. The normalized spacial score (nSPS) is 31.9. The van der Waals surface area contributed by atoms with Gasteiger partial charge in [0.25, 0.3) is 0 Å². The zero-order valence-corrected chi connectivity index (χ0v) is 34.5. The first kappa shape index (κ1) is 43.6. The molecule has 0 radical (unpaired) electrons. The van der Waals surface area contributed by atoms with Crippen LogP contribution in [0.25, 0.3) is 22.3 Å². The van der Waals surface area contributed by atoms with Crippen molar-refractivity contribution in [3.05, 3.63) is 25.3 Å². The van der Waals surface area contributed by atoms with Gasteiger partial charge in [-0.1, -0.05) is 45.4 Å². The fourth-order valence-corrected chi connectivity index (χ4v) is 10.7. The molecule has 0 bridgehead atoms. The smallest absolute Gasteiger partial charge is 0.392 e. The summed E-state index contributed by atoms with van der Waals surface area (Å²) in [5.74, 6) is -2.21. The molecule has 5 N–H and O–H groups in total. The van der Waals surface area contributed by atoms with Crippen molar-refractivity contribution >= 4 is 65.7 Å². The van der Waals surface area contributed by atoms with Crippen LogP contribution < -0.4 is 11.5 Å². The summed E-state index contributed by atoms with van der Waals surface area (Å²) in [5, 5.41) is 0. The molecule has 2 unspecified atom stereocenters. The number of ether oxygens (including phenoxy) is 4. The summed E-state index contributed by atoms with van der Waals surface area (Å²) in [6, 6.07) is 0. The Labute approximate surface area is 340 Å². The average Bonchev–Trinajstić information content (AvgIpc) is 3.98. The lowest BCUT2D eigenvalue weighted by atomic mass is 10.0. The number of carbonyl (C=O) groups is 1. The van der Waals surface area contributed by atoms with Gasteiger partial charge in [-0.2, -0.15) is 0 Å². The van der Waals surface area contributed by atoms with Crippen molar-refractivity contribution in [2.45, 2.75) is 101 Å². The van der Waals surface area contributed by atoms with Crippen LogP contribution in [0.15, 0.2) is 25.3 Å². The molecule has 324 valence electrons. The predicted molar refractivity (Wildman–Crippen MR) is 207 cm³/mol. The number of imidazole rings is 2. The van der Waals surface area contributed by atoms with E-state index in [4.69, 9.17) is 44.0 Å². The molecule has 59 heavy (non-hydrogen) atoms. The summed E-state index contributed by atoms with van der Waals surface area (Å²) in [5.41, 5.74) is 12.5. The van der Waals surface area contributed by atoms with Gasteiger partial charge in [-0.25, -0.2) is 43.2 Å². The summed E-state index contributed by atoms with van der Waals surface area (Å²) in [6.07, 6.45) is -0.534. The predicted octanol–water partition coefficient (Wildman–Crippen LogP) is 4.99. The van der Waals surface area contributed by atoms with Gasteiger partial charge < -0.3 is 39.8 Å². The standard InChI is InChI=1S/C33H46F2N10O11P2S/c1-2-3-4-5-6-7-8-9-22(46)51-18-59-58(49)53-11-20-19(23(34)32(54-20)44-15-42-25-28(36)38-13-40-30(25)44)10-50-17-57(47,48)52-12-21-27(56-58)24(35)33(55-21)45-16-43-26-29(37)39-14-41-31(26)45/h13-16,19-21,23-24,27,32-33H,2-12,17-18H2,1H3,(H,47,48)(H2,36,38,40)(H2,37,39,41)/t19-,20-,21-,23-,24-,27-,32-,33-,58?/m1/s1. The number of alkyl halides is 2.